The zero-order valence-electron chi connectivity index (χ0n) is 28.3. The van der Waals surface area contributed by atoms with E-state index in [1.54, 1.807) is 6.92 Å². The first-order valence-electron chi connectivity index (χ1n) is 16.1. The second-order valence-electron chi connectivity index (χ2n) is 12.8. The zero-order chi connectivity index (χ0) is 34.9. The molecule has 0 spiro atoms. The number of amides is 3. The predicted molar refractivity (Wildman–Crippen MR) is 187 cm³/mol. The van der Waals surface area contributed by atoms with Crippen molar-refractivity contribution < 1.29 is 24.2 Å². The number of rotatable bonds is 14. The fourth-order valence-corrected chi connectivity index (χ4v) is 6.56. The van der Waals surface area contributed by atoms with Gasteiger partial charge in [0.05, 0.1) is 24.2 Å². The average Bonchev–Trinajstić information content (AvgIpc) is 3.56. The minimum atomic E-state index is -1.34. The van der Waals surface area contributed by atoms with Crippen LogP contribution in [0.15, 0.2) is 91.0 Å². The lowest BCUT2D eigenvalue weighted by Crippen LogP contribution is -2.54. The van der Waals surface area contributed by atoms with E-state index in [0.717, 1.165) is 28.1 Å². The van der Waals surface area contributed by atoms with Gasteiger partial charge in [-0.25, -0.2) is 9.59 Å². The fourth-order valence-electron chi connectivity index (χ4n) is 5.53. The van der Waals surface area contributed by atoms with Gasteiger partial charge in [0.2, 0.25) is 5.91 Å². The number of ether oxygens (including phenoxy) is 1. The first kappa shape index (κ1) is 36.2. The standard InChI is InChI=1S/C37H45N5O5S/c1-7-24(2)32-41-42-33(48-32)29(38-35(46)39-31(34(44)45)25(3)47-36(4,5)6)23-30(43)40-37(26-17-11-8-12-18-26,27-19-13-9-14-20-27)28-21-15-10-16-22-28/h8-22,24-25,29,31H,7,23H2,1-6H3,(H,40,43)(H,44,45)(H2,38,39,46)/t24-,25?,29-,31-/m0/s1. The molecule has 4 rings (SSSR count). The van der Waals surface area contributed by atoms with Gasteiger partial charge in [0.1, 0.15) is 15.6 Å². The zero-order valence-corrected chi connectivity index (χ0v) is 29.1. The molecular weight excluding hydrogens is 627 g/mol. The van der Waals surface area contributed by atoms with E-state index >= 15 is 0 Å². The maximum absolute atomic E-state index is 14.3. The maximum Gasteiger partial charge on any atom is 0.328 e. The Morgan fingerprint density at radius 1 is 0.792 bits per heavy atom. The van der Waals surface area contributed by atoms with E-state index in [2.05, 4.69) is 26.1 Å². The third-order valence-corrected chi connectivity index (χ3v) is 9.26. The number of benzene rings is 3. The van der Waals surface area contributed by atoms with E-state index < -0.39 is 41.3 Å². The van der Waals surface area contributed by atoms with Crippen LogP contribution in [0.25, 0.3) is 0 Å². The molecule has 0 fully saturated rings. The van der Waals surface area contributed by atoms with Gasteiger partial charge in [-0.1, -0.05) is 116 Å². The Morgan fingerprint density at radius 2 is 1.27 bits per heavy atom. The van der Waals surface area contributed by atoms with Crippen molar-refractivity contribution in [2.75, 3.05) is 0 Å². The van der Waals surface area contributed by atoms with Gasteiger partial charge in [-0.3, -0.25) is 4.79 Å². The summed E-state index contributed by atoms with van der Waals surface area (Å²) in [6.07, 6.45) is -0.188. The van der Waals surface area contributed by atoms with Crippen molar-refractivity contribution in [3.8, 4) is 0 Å². The van der Waals surface area contributed by atoms with Crippen LogP contribution in [0.1, 0.15) is 93.0 Å². The molecule has 1 unspecified atom stereocenters. The second-order valence-corrected chi connectivity index (χ2v) is 13.9. The number of aliphatic carboxylic acids is 1. The smallest absolute Gasteiger partial charge is 0.328 e. The molecule has 0 aliphatic rings. The van der Waals surface area contributed by atoms with Crippen LogP contribution in [-0.2, 0) is 19.9 Å². The molecule has 1 aromatic heterocycles. The molecule has 254 valence electrons. The average molecular weight is 672 g/mol. The summed E-state index contributed by atoms with van der Waals surface area (Å²) >= 11 is 1.32. The summed E-state index contributed by atoms with van der Waals surface area (Å²) in [6, 6.07) is 26.1. The Hall–Kier alpha value is -4.61. The molecule has 3 aromatic carbocycles. The highest BCUT2D eigenvalue weighted by atomic mass is 32.1. The lowest BCUT2D eigenvalue weighted by Gasteiger charge is -2.37. The van der Waals surface area contributed by atoms with Crippen LogP contribution < -0.4 is 16.0 Å². The van der Waals surface area contributed by atoms with Crippen molar-refractivity contribution in [1.29, 1.82) is 0 Å². The molecule has 11 heteroatoms. The number of carbonyl (C=O) groups is 3. The lowest BCUT2D eigenvalue weighted by molar-refractivity contribution is -0.146. The van der Waals surface area contributed by atoms with Gasteiger partial charge in [-0.15, -0.1) is 10.2 Å². The summed E-state index contributed by atoms with van der Waals surface area (Å²) in [5.41, 5.74) is 0.860. The van der Waals surface area contributed by atoms with Crippen LogP contribution in [0, 0.1) is 0 Å². The number of urea groups is 1. The minimum absolute atomic E-state index is 0.133. The summed E-state index contributed by atoms with van der Waals surface area (Å²) in [4.78, 5) is 39.9. The Kier molecular flexibility index (Phi) is 12.1. The van der Waals surface area contributed by atoms with Crippen LogP contribution in [-0.4, -0.2) is 51.0 Å². The van der Waals surface area contributed by atoms with Crippen molar-refractivity contribution in [2.45, 2.75) is 89.6 Å². The Bertz CT molecular complexity index is 1550. The number of carboxylic acids is 1. The minimum Gasteiger partial charge on any atom is -0.480 e. The van der Waals surface area contributed by atoms with Crippen molar-refractivity contribution in [3.05, 3.63) is 118 Å². The highest BCUT2D eigenvalue weighted by Crippen LogP contribution is 2.37. The molecule has 3 amide bonds. The van der Waals surface area contributed by atoms with Crippen molar-refractivity contribution in [1.82, 2.24) is 26.1 Å². The molecule has 0 saturated heterocycles. The van der Waals surface area contributed by atoms with Gasteiger partial charge in [-0.2, -0.15) is 0 Å². The molecule has 0 radical (unpaired) electrons. The van der Waals surface area contributed by atoms with E-state index in [1.807, 2.05) is 126 Å². The Balaban J connectivity index is 1.70. The van der Waals surface area contributed by atoms with Crippen molar-refractivity contribution in [3.63, 3.8) is 0 Å². The second kappa shape index (κ2) is 16.0. The summed E-state index contributed by atoms with van der Waals surface area (Å²) in [5.74, 6) is -1.48. The molecule has 0 saturated carbocycles. The van der Waals surface area contributed by atoms with Gasteiger partial charge in [-0.05, 0) is 50.8 Å². The van der Waals surface area contributed by atoms with E-state index in [1.165, 1.54) is 11.3 Å². The molecular formula is C37H45N5O5S. The van der Waals surface area contributed by atoms with E-state index in [4.69, 9.17) is 4.74 Å². The van der Waals surface area contributed by atoms with Gasteiger partial charge in [0, 0.05) is 5.92 Å². The summed E-state index contributed by atoms with van der Waals surface area (Å²) in [6.45, 7) is 11.1. The molecule has 4 aromatic rings. The summed E-state index contributed by atoms with van der Waals surface area (Å²) < 4.78 is 5.83. The number of aromatic nitrogens is 2. The van der Waals surface area contributed by atoms with Crippen LogP contribution >= 0.6 is 11.3 Å². The third-order valence-electron chi connectivity index (χ3n) is 7.99. The van der Waals surface area contributed by atoms with Crippen LogP contribution in [0.4, 0.5) is 4.79 Å². The van der Waals surface area contributed by atoms with Crippen LogP contribution in [0.2, 0.25) is 0 Å². The predicted octanol–water partition coefficient (Wildman–Crippen LogP) is 6.55. The molecule has 0 bridgehead atoms. The Labute approximate surface area is 286 Å². The Morgan fingerprint density at radius 3 is 1.71 bits per heavy atom. The number of nitrogens with zero attached hydrogens (tertiary/aromatic N) is 2. The van der Waals surface area contributed by atoms with Crippen molar-refractivity contribution >= 4 is 29.2 Å². The molecule has 4 atom stereocenters. The molecule has 1 heterocycles. The summed E-state index contributed by atoms with van der Waals surface area (Å²) in [7, 11) is 0. The van der Waals surface area contributed by atoms with E-state index in [-0.39, 0.29) is 18.2 Å². The topological polar surface area (TPSA) is 143 Å². The van der Waals surface area contributed by atoms with Gasteiger partial charge in [0.15, 0.2) is 6.04 Å². The fraction of sp³-hybridized carbons (Fsp3) is 0.378. The first-order valence-corrected chi connectivity index (χ1v) is 16.9. The van der Waals surface area contributed by atoms with Gasteiger partial charge >= 0.3 is 12.0 Å². The largest absolute Gasteiger partial charge is 0.480 e. The van der Waals surface area contributed by atoms with Crippen LogP contribution in [0.5, 0.6) is 0 Å². The highest BCUT2D eigenvalue weighted by molar-refractivity contribution is 7.11. The monoisotopic (exact) mass is 671 g/mol. The molecule has 10 nitrogen and oxygen atoms in total. The number of nitrogens with one attached hydrogen (secondary N) is 3. The maximum atomic E-state index is 14.3. The number of hydrogen-bond acceptors (Lipinski definition) is 7. The number of carbonyl (C=O) groups excluding carboxylic acids is 2. The van der Waals surface area contributed by atoms with Gasteiger partial charge < -0.3 is 25.8 Å². The van der Waals surface area contributed by atoms with E-state index in [9.17, 15) is 19.5 Å². The molecule has 0 aliphatic carbocycles. The number of hydrogen-bond donors (Lipinski definition) is 4. The molecule has 0 aliphatic heterocycles. The summed E-state index contributed by atoms with van der Waals surface area (Å²) in [5, 5.41) is 28.5. The third kappa shape index (κ3) is 9.05. The molecule has 4 N–H and O–H groups in total. The first-order chi connectivity index (χ1) is 22.8. The SMILES string of the molecule is CC[C@H](C)c1nnc([C@H](CC(=O)NC(c2ccccc2)(c2ccccc2)c2ccccc2)NC(=O)N[C@H](C(=O)O)C(C)OC(C)(C)C)s1. The van der Waals surface area contributed by atoms with Crippen molar-refractivity contribution in [2.24, 2.45) is 0 Å². The van der Waals surface area contributed by atoms with Gasteiger partial charge in [0.25, 0.3) is 0 Å². The van der Waals surface area contributed by atoms with E-state index in [0.29, 0.717) is 5.01 Å². The normalized spacial score (nSPS) is 14.3. The highest BCUT2D eigenvalue weighted by Gasteiger charge is 2.39. The molecule has 48 heavy (non-hydrogen) atoms. The number of carboxylic acid groups (broad SMARTS) is 1. The quantitative estimate of drug-likeness (QED) is 0.111. The van der Waals surface area contributed by atoms with Crippen LogP contribution in [0.3, 0.4) is 0 Å². The lowest BCUT2D eigenvalue weighted by atomic mass is 9.77.